The summed E-state index contributed by atoms with van der Waals surface area (Å²) in [7, 11) is 4.02. The molecule has 0 saturated heterocycles. The molecule has 10 aromatic carbocycles. The van der Waals surface area contributed by atoms with Crippen molar-refractivity contribution in [1.29, 1.82) is 10.5 Å². The van der Waals surface area contributed by atoms with Crippen molar-refractivity contribution in [2.24, 2.45) is 5.73 Å². The molecule has 0 spiro atoms. The molecule has 15 aromatic rings. The normalized spacial score (nSPS) is 11.8. The van der Waals surface area contributed by atoms with E-state index < -0.39 is 6.09 Å². The van der Waals surface area contributed by atoms with Gasteiger partial charge in [0.25, 0.3) is 0 Å². The summed E-state index contributed by atoms with van der Waals surface area (Å²) >= 11 is 12.1. The van der Waals surface area contributed by atoms with Crippen molar-refractivity contribution in [3.05, 3.63) is 366 Å². The molecule has 551 valence electrons. The molecule has 1 amide bonds. The molecule has 0 radical (unpaired) electrons. The number of fused-ring (bicyclic) bond motifs is 5. The van der Waals surface area contributed by atoms with Gasteiger partial charge in [0.1, 0.15) is 0 Å². The fraction of sp³-hybridized carbons (Fsp3) is 0.148. The van der Waals surface area contributed by atoms with Gasteiger partial charge in [-0.1, -0.05) is 182 Å². The topological polar surface area (TPSA) is 203 Å². The summed E-state index contributed by atoms with van der Waals surface area (Å²) in [5.74, 6) is 1.20. The molecule has 0 aliphatic carbocycles. The van der Waals surface area contributed by atoms with Crippen molar-refractivity contribution in [3.8, 4) is 12.1 Å². The Morgan fingerprint density at radius 2 is 0.769 bits per heavy atom. The summed E-state index contributed by atoms with van der Waals surface area (Å²) in [6.45, 7) is 2.28. The maximum atomic E-state index is 11.3. The molecule has 0 aliphatic heterocycles. The SMILES string of the molecule is CNCCC(c1ccccc1)c1ccc2[nH]ccc2c1.COC(=O)NCCC(c1ccccc1)c1ccc2[nH]ccc2c1.Cl.N#C/C=C(/c1ccccc1)c1ccc2[nH]ccc2c1.N#CCC(c1ccccc1)c1ccc2[nH]ccc2c1.NCCC(c1ccccc1)c1ccc2[nH]ccc2c1.[I][V]([I])[I].[I][V][I]. The molecule has 0 fully saturated rings. The van der Waals surface area contributed by atoms with Crippen molar-refractivity contribution in [1.82, 2.24) is 35.6 Å². The maximum absolute atomic E-state index is 11.3. The summed E-state index contributed by atoms with van der Waals surface area (Å²) in [6.07, 6.45) is 14.4. The van der Waals surface area contributed by atoms with Crippen LogP contribution in [-0.2, 0) is 19.1 Å². The Kier molecular flexibility index (Phi) is 38.3. The van der Waals surface area contributed by atoms with E-state index >= 15 is 0 Å². The predicted octanol–water partition coefficient (Wildman–Crippen LogP) is 24.8. The van der Waals surface area contributed by atoms with Gasteiger partial charge in [-0.2, -0.15) is 10.5 Å². The van der Waals surface area contributed by atoms with E-state index in [1.165, 1.54) is 84.2 Å². The summed E-state index contributed by atoms with van der Waals surface area (Å²) in [4.78, 5) is 27.1. The van der Waals surface area contributed by atoms with E-state index in [1.54, 1.807) is 6.08 Å². The van der Waals surface area contributed by atoms with E-state index in [-0.39, 0.29) is 29.2 Å². The first-order chi connectivity index (χ1) is 52.4. The molecule has 4 unspecified atom stereocenters. The number of amides is 1. The molecule has 12 nitrogen and oxygen atoms in total. The van der Waals surface area contributed by atoms with E-state index in [0.717, 1.165) is 64.4 Å². The first-order valence-corrected chi connectivity index (χ1v) is 57.4. The molecule has 0 saturated carbocycles. The molecule has 5 aromatic heterocycles. The number of allylic oxidation sites excluding steroid dienone is 1. The van der Waals surface area contributed by atoms with Crippen LogP contribution in [0.3, 0.4) is 0 Å². The van der Waals surface area contributed by atoms with E-state index in [4.69, 9.17) is 16.3 Å². The van der Waals surface area contributed by atoms with E-state index in [1.807, 2.05) is 123 Å². The molecular weight excluding hydrogens is 2000 g/mol. The Bertz CT molecular complexity index is 5220. The Morgan fingerprint density at radius 3 is 1.10 bits per heavy atom. The fourth-order valence-corrected chi connectivity index (χ4v) is 13.1. The number of methoxy groups -OCH3 is 1. The molecule has 5 heterocycles. The first-order valence-electron chi connectivity index (χ1n) is 34.9. The number of rotatable bonds is 19. The first kappa shape index (κ1) is 86.5. The van der Waals surface area contributed by atoms with Gasteiger partial charge in [0.15, 0.2) is 0 Å². The van der Waals surface area contributed by atoms with E-state index in [2.05, 4.69) is 340 Å². The van der Waals surface area contributed by atoms with Crippen molar-refractivity contribution < 1.29 is 23.9 Å². The third-order valence-electron chi connectivity index (χ3n) is 18.2. The van der Waals surface area contributed by atoms with Gasteiger partial charge in [-0.15, -0.1) is 12.4 Å². The zero-order valence-corrected chi connectivity index (χ0v) is 74.1. The number of aromatic nitrogens is 5. The minimum atomic E-state index is -0.391. The number of hydrogen-bond acceptors (Lipinski definition) is 6. The number of H-pyrrole nitrogens is 5. The van der Waals surface area contributed by atoms with Crippen molar-refractivity contribution in [2.75, 3.05) is 33.8 Å². The van der Waals surface area contributed by atoms with Crippen LogP contribution in [0.2, 0.25) is 0 Å². The van der Waals surface area contributed by atoms with Crippen LogP contribution in [-0.4, -0.2) is 64.8 Å². The van der Waals surface area contributed by atoms with E-state index in [9.17, 15) is 4.79 Å². The Labute approximate surface area is 706 Å². The van der Waals surface area contributed by atoms with Gasteiger partial charge in [-0.3, -0.25) is 0 Å². The van der Waals surface area contributed by atoms with Crippen LogP contribution in [0.1, 0.15) is 105 Å². The standard InChI is InChI=1S/C19H20N2O2.C18H20N2.C17H18N2.C17H14N2.C17H12N2.ClH.5HI.2V/c1-23-19(22)21-12-10-17(14-5-3-2-4-6-14)15-7-8-18-16(13-15)9-11-20-18;1-19-11-10-17(14-5-3-2-4-6-14)15-7-8-18-16(13-15)9-12-20-18;3*18-10-8-16(13-4-2-1-3-5-13)14-6-7-17-15(12-14)9-11-19-17;;;;;;;;/h2-9,11,13,17,20H,10,12H2,1H3,(H,21,22);2-9,12-13,17,19-20H,10-11H2,1H3;1-7,9,11-12,16,19H,8,10,18H2;1-7,9,11-12,16,19H,8H2;1-9,11-12,19H;6*1H;;/q;;;;;;;;;;;+2;+3/p-5/b;;;;16-8-;;;;;;;;. The minimum absolute atomic E-state index is 0. The molecule has 108 heavy (non-hydrogen) atoms. The third kappa shape index (κ3) is 26.6. The van der Waals surface area contributed by atoms with Crippen LogP contribution in [0, 0.1) is 22.7 Å². The number of nitrogens with two attached hydrogens (primary N) is 1. The molecular formula is C88H85ClI5N10O2V2. The number of alkyl carbamates (subject to hydrolysis) is 1. The number of carbonyl (C=O) groups excluding carboxylic acids is 1. The van der Waals surface area contributed by atoms with Crippen LogP contribution in [0.15, 0.2) is 310 Å². The van der Waals surface area contributed by atoms with Gasteiger partial charge >= 0.3 is 120 Å². The Hall–Kier alpha value is -7.08. The van der Waals surface area contributed by atoms with Crippen LogP contribution >= 0.6 is 112 Å². The number of aromatic amines is 5. The van der Waals surface area contributed by atoms with Crippen LogP contribution < -0.4 is 16.4 Å². The Balaban J connectivity index is 0.000000166. The van der Waals surface area contributed by atoms with Gasteiger partial charge in [0.2, 0.25) is 0 Å². The number of halogens is 6. The zero-order valence-electron chi connectivity index (χ0n) is 59.7. The van der Waals surface area contributed by atoms with Gasteiger partial charge in [0, 0.05) is 101 Å². The summed E-state index contributed by atoms with van der Waals surface area (Å²) < 4.78 is 4.64. The second kappa shape index (κ2) is 47.9. The van der Waals surface area contributed by atoms with Crippen LogP contribution in [0.25, 0.3) is 60.1 Å². The number of nitrogens with one attached hydrogen (secondary N) is 7. The van der Waals surface area contributed by atoms with E-state index in [0.29, 0.717) is 40.8 Å². The number of nitrogens with zero attached hydrogens (tertiary/aromatic N) is 2. The number of nitriles is 2. The van der Waals surface area contributed by atoms with Gasteiger partial charge in [0.05, 0.1) is 19.2 Å². The average Bonchev–Trinajstić information content (AvgIpc) is 1.60. The van der Waals surface area contributed by atoms with Gasteiger partial charge in [-0.25, -0.2) is 4.79 Å². The number of ether oxygens (including phenoxy) is 1. The number of carbonyl (C=O) groups is 1. The van der Waals surface area contributed by atoms with Crippen LogP contribution in [0.5, 0.6) is 0 Å². The monoisotopic (exact) mass is 2090 g/mol. The Morgan fingerprint density at radius 1 is 0.454 bits per heavy atom. The van der Waals surface area contributed by atoms with Crippen molar-refractivity contribution in [2.45, 2.75) is 49.4 Å². The average molecular weight is 2090 g/mol. The molecule has 20 heteroatoms. The van der Waals surface area contributed by atoms with Gasteiger partial charge < -0.3 is 46.0 Å². The van der Waals surface area contributed by atoms with Crippen molar-refractivity contribution in [3.63, 3.8) is 0 Å². The summed E-state index contributed by atoms with van der Waals surface area (Å²) in [6, 6.07) is 99.1. The van der Waals surface area contributed by atoms with Crippen molar-refractivity contribution >= 4 is 178 Å². The summed E-state index contributed by atoms with van der Waals surface area (Å²) in [5.41, 5.74) is 24.9. The zero-order chi connectivity index (χ0) is 75.4. The van der Waals surface area contributed by atoms with Crippen LogP contribution in [0.4, 0.5) is 4.79 Å². The third-order valence-corrected chi connectivity index (χ3v) is 18.2. The van der Waals surface area contributed by atoms with Gasteiger partial charge in [-0.05, 0) is 219 Å². The second-order valence-corrected chi connectivity index (χ2v) is 71.9. The number of hydrogen-bond donors (Lipinski definition) is 8. The second-order valence-electron chi connectivity index (χ2n) is 24.8. The summed E-state index contributed by atoms with van der Waals surface area (Å²) in [5, 5.41) is 30.2. The molecule has 9 N–H and O–H groups in total. The fourth-order valence-electron chi connectivity index (χ4n) is 13.1. The molecule has 0 aliphatic rings. The molecule has 15 rings (SSSR count). The quantitative estimate of drug-likeness (QED) is 0.0292. The predicted molar refractivity (Wildman–Crippen MR) is 489 cm³/mol. The number of benzene rings is 10. The molecule has 0 bridgehead atoms. The molecule has 4 atom stereocenters.